The molecule has 0 spiro atoms. The molecule has 38 heavy (non-hydrogen) atoms. The molecule has 0 fully saturated rings. The van der Waals surface area contributed by atoms with Gasteiger partial charge in [0.15, 0.2) is 5.84 Å². The summed E-state index contributed by atoms with van der Waals surface area (Å²) in [6.07, 6.45) is 7.50. The van der Waals surface area contributed by atoms with E-state index in [-0.39, 0.29) is 4.90 Å². The first-order chi connectivity index (χ1) is 18.4. The van der Waals surface area contributed by atoms with Crippen molar-refractivity contribution in [1.82, 2.24) is 4.90 Å². The number of halogens is 1. The van der Waals surface area contributed by atoms with Gasteiger partial charge in [-0.25, -0.2) is 13.4 Å². The molecule has 3 heterocycles. The zero-order chi connectivity index (χ0) is 26.3. The highest BCUT2D eigenvalue weighted by atomic mass is 127. The molecule has 0 aromatic heterocycles. The van der Waals surface area contributed by atoms with Gasteiger partial charge in [-0.2, -0.15) is 4.99 Å². The fourth-order valence-electron chi connectivity index (χ4n) is 4.86. The topological polar surface area (TPSA) is 82.4 Å². The third-order valence-electron chi connectivity index (χ3n) is 6.75. The number of carbonyl (C=O) groups excluding carboxylic acids is 1. The van der Waals surface area contributed by atoms with Gasteiger partial charge in [-0.15, -0.1) is 0 Å². The smallest absolute Gasteiger partial charge is 0.279 e. The van der Waals surface area contributed by atoms with Crippen molar-refractivity contribution in [2.45, 2.75) is 24.3 Å². The van der Waals surface area contributed by atoms with E-state index < -0.39 is 15.9 Å². The fraction of sp³-hybridized carbons (Fsp3) is 0.138. The number of aryl methyl sites for hydroxylation is 1. The molecule has 6 rings (SSSR count). The van der Waals surface area contributed by atoms with Crippen LogP contribution >= 0.6 is 22.6 Å². The molecule has 3 aromatic rings. The summed E-state index contributed by atoms with van der Waals surface area (Å²) in [5.74, 6) is 0.556. The van der Waals surface area contributed by atoms with Gasteiger partial charge in [0.2, 0.25) is 0 Å². The van der Waals surface area contributed by atoms with Crippen LogP contribution in [0, 0.1) is 0 Å². The van der Waals surface area contributed by atoms with E-state index in [1.807, 2.05) is 71.8 Å². The average Bonchev–Trinajstić information content (AvgIpc) is 3.08. The van der Waals surface area contributed by atoms with E-state index >= 15 is 0 Å². The number of allylic oxidation sites excluding steroid dienone is 2. The Labute approximate surface area is 235 Å². The Balaban J connectivity index is 1.31. The number of amides is 1. The third-order valence-corrected chi connectivity index (χ3v) is 9.21. The van der Waals surface area contributed by atoms with E-state index in [9.17, 15) is 13.2 Å². The zero-order valence-electron chi connectivity index (χ0n) is 20.3. The van der Waals surface area contributed by atoms with Crippen molar-refractivity contribution in [3.8, 4) is 0 Å². The second kappa shape index (κ2) is 9.95. The van der Waals surface area contributed by atoms with Gasteiger partial charge >= 0.3 is 0 Å². The van der Waals surface area contributed by atoms with Crippen LogP contribution in [0.2, 0.25) is 0 Å². The summed E-state index contributed by atoms with van der Waals surface area (Å²) in [5, 5.41) is 0. The summed E-state index contributed by atoms with van der Waals surface area (Å²) in [5.41, 5.74) is 3.83. The van der Waals surface area contributed by atoms with Crippen LogP contribution in [0.3, 0.4) is 0 Å². The first-order valence-electron chi connectivity index (χ1n) is 12.2. The molecule has 0 saturated heterocycles. The summed E-state index contributed by atoms with van der Waals surface area (Å²) in [4.78, 5) is 24.5. The molecule has 0 bridgehead atoms. The minimum Gasteiger partial charge on any atom is -0.327 e. The molecule has 3 aliphatic rings. The van der Waals surface area contributed by atoms with Gasteiger partial charge in [0, 0.05) is 34.0 Å². The molecule has 190 valence electrons. The molecule has 0 N–H and O–H groups in total. The number of carbonyl (C=O) groups is 1. The number of fused-ring (bicyclic) bond motifs is 3. The molecule has 3 aliphatic heterocycles. The predicted molar refractivity (Wildman–Crippen MR) is 157 cm³/mol. The lowest BCUT2D eigenvalue weighted by atomic mass is 10.0. The summed E-state index contributed by atoms with van der Waals surface area (Å²) in [7, 11) is -3.76. The molecule has 0 unspecified atom stereocenters. The number of rotatable bonds is 3. The van der Waals surface area contributed by atoms with Crippen LogP contribution in [-0.4, -0.2) is 37.4 Å². The lowest BCUT2D eigenvalue weighted by Gasteiger charge is -2.30. The van der Waals surface area contributed by atoms with Crippen LogP contribution in [0.4, 0.5) is 5.69 Å². The molecule has 3 aromatic carbocycles. The van der Waals surface area contributed by atoms with Crippen LogP contribution in [-0.2, 0) is 23.0 Å². The van der Waals surface area contributed by atoms with Crippen molar-refractivity contribution in [3.05, 3.63) is 117 Å². The van der Waals surface area contributed by atoms with Gasteiger partial charge in [-0.1, -0.05) is 42.5 Å². The van der Waals surface area contributed by atoms with E-state index in [0.29, 0.717) is 36.0 Å². The summed E-state index contributed by atoms with van der Waals surface area (Å²) < 4.78 is 29.5. The number of anilines is 1. The van der Waals surface area contributed by atoms with Gasteiger partial charge in [-0.3, -0.25) is 9.10 Å². The highest BCUT2D eigenvalue weighted by Crippen LogP contribution is 2.32. The number of hydrogen-bond donors (Lipinski definition) is 0. The molecule has 7 nitrogen and oxygen atoms in total. The standard InChI is InChI=1S/C29H23IN4O3S/c30-23-13-16-27-31-28(25-9-3-1-7-22(25)18-33(27)19-23)32-29(35)21-11-14-24(15-12-21)38(36,37)34-17-5-8-20-6-2-4-10-26(20)34/h1-4,6-7,9-16,19H,5,8,17-18H2. The Kier molecular flexibility index (Phi) is 6.48. The highest BCUT2D eigenvalue weighted by molar-refractivity contribution is 14.1. The number of amidine groups is 2. The van der Waals surface area contributed by atoms with Crippen molar-refractivity contribution in [2.75, 3.05) is 10.8 Å². The number of aliphatic imine (C=N–C) groups is 2. The molecule has 0 atom stereocenters. The second-order valence-corrected chi connectivity index (χ2v) is 12.3. The van der Waals surface area contributed by atoms with E-state index in [0.717, 1.165) is 33.1 Å². The van der Waals surface area contributed by atoms with E-state index in [2.05, 4.69) is 27.6 Å². The summed E-state index contributed by atoms with van der Waals surface area (Å²) in [6, 6.07) is 21.3. The molecule has 0 saturated carbocycles. The minimum atomic E-state index is -3.76. The number of benzene rings is 3. The number of nitrogens with zero attached hydrogens (tertiary/aromatic N) is 4. The highest BCUT2D eigenvalue weighted by Gasteiger charge is 2.29. The Bertz CT molecular complexity index is 1670. The van der Waals surface area contributed by atoms with Crippen LogP contribution in [0.5, 0.6) is 0 Å². The first kappa shape index (κ1) is 24.7. The SMILES string of the molecule is O=C(N=C1N=C2C=CC(I)=CN2Cc2ccccc21)c1ccc(S(=O)(=O)N2CCCc3ccccc32)cc1. The summed E-state index contributed by atoms with van der Waals surface area (Å²) >= 11 is 2.26. The normalized spacial score (nSPS) is 17.7. The number of sulfonamides is 1. The monoisotopic (exact) mass is 634 g/mol. The van der Waals surface area contributed by atoms with Crippen molar-refractivity contribution < 1.29 is 13.2 Å². The molecule has 0 aliphatic carbocycles. The van der Waals surface area contributed by atoms with Crippen molar-refractivity contribution in [3.63, 3.8) is 0 Å². The van der Waals surface area contributed by atoms with Gasteiger partial charge in [-0.05, 0) is 89.0 Å². The van der Waals surface area contributed by atoms with Gasteiger partial charge in [0.1, 0.15) is 5.84 Å². The van der Waals surface area contributed by atoms with Crippen LogP contribution in [0.1, 0.15) is 33.5 Å². The molecular weight excluding hydrogens is 611 g/mol. The van der Waals surface area contributed by atoms with E-state index in [4.69, 9.17) is 4.99 Å². The van der Waals surface area contributed by atoms with Crippen molar-refractivity contribution >= 4 is 55.9 Å². The zero-order valence-corrected chi connectivity index (χ0v) is 23.3. The van der Waals surface area contributed by atoms with Gasteiger partial charge < -0.3 is 4.90 Å². The average molecular weight is 634 g/mol. The van der Waals surface area contributed by atoms with Gasteiger partial charge in [0.25, 0.3) is 15.9 Å². The summed E-state index contributed by atoms with van der Waals surface area (Å²) in [6.45, 7) is 1.04. The lowest BCUT2D eigenvalue weighted by Crippen LogP contribution is -2.35. The molecule has 1 amide bonds. The Morgan fingerprint density at radius 2 is 1.66 bits per heavy atom. The Morgan fingerprint density at radius 3 is 2.47 bits per heavy atom. The lowest BCUT2D eigenvalue weighted by molar-refractivity contribution is 0.100. The van der Waals surface area contributed by atoms with Gasteiger partial charge in [0.05, 0.1) is 10.6 Å². The van der Waals surface area contributed by atoms with Crippen LogP contribution < -0.4 is 4.31 Å². The minimum absolute atomic E-state index is 0.142. The van der Waals surface area contributed by atoms with Crippen molar-refractivity contribution in [1.29, 1.82) is 0 Å². The first-order valence-corrected chi connectivity index (χ1v) is 14.7. The largest absolute Gasteiger partial charge is 0.327 e. The van der Waals surface area contributed by atoms with E-state index in [1.165, 1.54) is 28.6 Å². The third kappa shape index (κ3) is 4.60. The Morgan fingerprint density at radius 1 is 0.921 bits per heavy atom. The van der Waals surface area contributed by atoms with E-state index in [1.54, 1.807) is 0 Å². The predicted octanol–water partition coefficient (Wildman–Crippen LogP) is 5.48. The maximum absolute atomic E-state index is 13.5. The number of para-hydroxylation sites is 1. The molecule has 0 radical (unpaired) electrons. The maximum atomic E-state index is 13.5. The van der Waals surface area contributed by atoms with Crippen LogP contribution in [0.15, 0.2) is 110 Å². The Hall–Kier alpha value is -3.57. The fourth-order valence-corrected chi connectivity index (χ4v) is 6.91. The van der Waals surface area contributed by atoms with Crippen molar-refractivity contribution in [2.24, 2.45) is 9.98 Å². The maximum Gasteiger partial charge on any atom is 0.279 e. The van der Waals surface area contributed by atoms with Crippen LogP contribution in [0.25, 0.3) is 0 Å². The quantitative estimate of drug-likeness (QED) is 0.358. The second-order valence-electron chi connectivity index (χ2n) is 9.18. The number of hydrogen-bond acceptors (Lipinski definition) is 4. The molecular formula is C29H23IN4O3S. The molecule has 9 heteroatoms.